The Hall–Kier alpha value is -0.450. The van der Waals surface area contributed by atoms with Crippen molar-refractivity contribution in [1.82, 2.24) is 15.6 Å². The Balaban J connectivity index is 1.84. The zero-order valence-electron chi connectivity index (χ0n) is 13.3. The van der Waals surface area contributed by atoms with Crippen molar-refractivity contribution in [2.75, 3.05) is 6.54 Å². The van der Waals surface area contributed by atoms with Gasteiger partial charge in [-0.25, -0.2) is 4.98 Å². The van der Waals surface area contributed by atoms with Gasteiger partial charge in [-0.2, -0.15) is 0 Å². The van der Waals surface area contributed by atoms with E-state index in [1.807, 2.05) is 11.3 Å². The van der Waals surface area contributed by atoms with Crippen LogP contribution in [0.25, 0.3) is 0 Å². The SMILES string of the molecule is Cc1nc(C)c(C(C)NC(C)CC2CCCCCN2)s1. The van der Waals surface area contributed by atoms with Crippen molar-refractivity contribution in [2.45, 2.75) is 77.9 Å². The molecule has 0 spiro atoms. The van der Waals surface area contributed by atoms with Crippen LogP contribution in [0, 0.1) is 13.8 Å². The zero-order valence-corrected chi connectivity index (χ0v) is 14.1. The van der Waals surface area contributed by atoms with E-state index in [4.69, 9.17) is 0 Å². The zero-order chi connectivity index (χ0) is 14.5. The maximum absolute atomic E-state index is 4.53. The number of aryl methyl sites for hydroxylation is 2. The molecule has 114 valence electrons. The number of thiazole rings is 1. The molecular formula is C16H29N3S. The third kappa shape index (κ3) is 4.54. The summed E-state index contributed by atoms with van der Waals surface area (Å²) in [5.74, 6) is 0. The molecule has 1 fully saturated rings. The second-order valence-corrected chi connectivity index (χ2v) is 7.44. The molecule has 20 heavy (non-hydrogen) atoms. The monoisotopic (exact) mass is 295 g/mol. The maximum Gasteiger partial charge on any atom is 0.0900 e. The van der Waals surface area contributed by atoms with Gasteiger partial charge in [0.25, 0.3) is 0 Å². The number of hydrogen-bond donors (Lipinski definition) is 2. The highest BCUT2D eigenvalue weighted by atomic mass is 32.1. The second-order valence-electron chi connectivity index (χ2n) is 6.21. The summed E-state index contributed by atoms with van der Waals surface area (Å²) >= 11 is 1.82. The Kier molecular flexibility index (Phi) is 6.00. The Bertz CT molecular complexity index is 408. The van der Waals surface area contributed by atoms with E-state index in [1.165, 1.54) is 54.2 Å². The lowest BCUT2D eigenvalue weighted by atomic mass is 10.0. The van der Waals surface area contributed by atoms with Crippen molar-refractivity contribution in [1.29, 1.82) is 0 Å². The van der Waals surface area contributed by atoms with Crippen molar-refractivity contribution in [3.63, 3.8) is 0 Å². The summed E-state index contributed by atoms with van der Waals surface area (Å²) in [7, 11) is 0. The van der Waals surface area contributed by atoms with Gasteiger partial charge in [0.05, 0.1) is 10.7 Å². The number of hydrogen-bond acceptors (Lipinski definition) is 4. The minimum atomic E-state index is 0.405. The fourth-order valence-electron chi connectivity index (χ4n) is 3.25. The van der Waals surface area contributed by atoms with E-state index in [0.29, 0.717) is 18.1 Å². The lowest BCUT2D eigenvalue weighted by Crippen LogP contribution is -2.37. The van der Waals surface area contributed by atoms with Crippen LogP contribution in [0.4, 0.5) is 0 Å². The van der Waals surface area contributed by atoms with E-state index < -0.39 is 0 Å². The van der Waals surface area contributed by atoms with Crippen LogP contribution in [0.5, 0.6) is 0 Å². The molecule has 0 radical (unpaired) electrons. The largest absolute Gasteiger partial charge is 0.314 e. The first kappa shape index (κ1) is 15.9. The van der Waals surface area contributed by atoms with Gasteiger partial charge in [0.2, 0.25) is 0 Å². The molecule has 3 unspecified atom stereocenters. The average molecular weight is 295 g/mol. The number of nitrogens with one attached hydrogen (secondary N) is 2. The van der Waals surface area contributed by atoms with Crippen LogP contribution < -0.4 is 10.6 Å². The summed E-state index contributed by atoms with van der Waals surface area (Å²) in [6.45, 7) is 9.98. The molecule has 2 rings (SSSR count). The fraction of sp³-hybridized carbons (Fsp3) is 0.812. The molecule has 1 aromatic heterocycles. The third-order valence-electron chi connectivity index (χ3n) is 4.17. The van der Waals surface area contributed by atoms with Crippen LogP contribution in [-0.2, 0) is 0 Å². The van der Waals surface area contributed by atoms with Crippen LogP contribution in [0.15, 0.2) is 0 Å². The summed E-state index contributed by atoms with van der Waals surface area (Å²) in [5.41, 5.74) is 1.19. The van der Waals surface area contributed by atoms with Crippen molar-refractivity contribution in [3.8, 4) is 0 Å². The molecule has 0 amide bonds. The molecule has 0 aromatic carbocycles. The molecule has 1 aromatic rings. The van der Waals surface area contributed by atoms with Crippen LogP contribution in [0.2, 0.25) is 0 Å². The summed E-state index contributed by atoms with van der Waals surface area (Å²) in [6.07, 6.45) is 6.67. The van der Waals surface area contributed by atoms with Crippen molar-refractivity contribution < 1.29 is 0 Å². The minimum Gasteiger partial charge on any atom is -0.314 e. The highest BCUT2D eigenvalue weighted by Gasteiger charge is 2.18. The van der Waals surface area contributed by atoms with Gasteiger partial charge in [-0.1, -0.05) is 12.8 Å². The van der Waals surface area contributed by atoms with Crippen LogP contribution in [-0.4, -0.2) is 23.6 Å². The minimum absolute atomic E-state index is 0.405. The summed E-state index contributed by atoms with van der Waals surface area (Å²) in [4.78, 5) is 5.93. The first-order chi connectivity index (χ1) is 9.56. The van der Waals surface area contributed by atoms with E-state index >= 15 is 0 Å². The van der Waals surface area contributed by atoms with E-state index in [9.17, 15) is 0 Å². The van der Waals surface area contributed by atoms with Crippen LogP contribution in [0.1, 0.15) is 67.6 Å². The van der Waals surface area contributed by atoms with Gasteiger partial charge in [-0.05, 0) is 53.5 Å². The number of nitrogens with zero attached hydrogens (tertiary/aromatic N) is 1. The Labute approximate surface area is 127 Å². The van der Waals surface area contributed by atoms with Crippen LogP contribution in [0.3, 0.4) is 0 Å². The molecule has 4 heteroatoms. The van der Waals surface area contributed by atoms with E-state index in [2.05, 4.69) is 43.3 Å². The van der Waals surface area contributed by atoms with E-state index in [-0.39, 0.29) is 0 Å². The summed E-state index contributed by atoms with van der Waals surface area (Å²) in [6, 6.07) is 1.64. The topological polar surface area (TPSA) is 37.0 Å². The van der Waals surface area contributed by atoms with Crippen LogP contribution >= 0.6 is 11.3 Å². The highest BCUT2D eigenvalue weighted by Crippen LogP contribution is 2.25. The summed E-state index contributed by atoms with van der Waals surface area (Å²) < 4.78 is 0. The first-order valence-corrected chi connectivity index (χ1v) is 8.81. The molecular weight excluding hydrogens is 266 g/mol. The molecule has 3 nitrogen and oxygen atoms in total. The lowest BCUT2D eigenvalue weighted by molar-refractivity contribution is 0.381. The van der Waals surface area contributed by atoms with E-state index in [0.717, 1.165) is 0 Å². The van der Waals surface area contributed by atoms with Gasteiger partial charge >= 0.3 is 0 Å². The van der Waals surface area contributed by atoms with Gasteiger partial charge < -0.3 is 10.6 Å². The highest BCUT2D eigenvalue weighted by molar-refractivity contribution is 7.11. The number of rotatable bonds is 5. The predicted octanol–water partition coefficient (Wildman–Crippen LogP) is 3.72. The molecule has 0 saturated carbocycles. The van der Waals surface area contributed by atoms with Crippen molar-refractivity contribution in [2.24, 2.45) is 0 Å². The lowest BCUT2D eigenvalue weighted by Gasteiger charge is -2.24. The Morgan fingerprint density at radius 1 is 1.30 bits per heavy atom. The molecule has 1 aliphatic heterocycles. The van der Waals surface area contributed by atoms with Gasteiger partial charge in [-0.15, -0.1) is 11.3 Å². The molecule has 0 bridgehead atoms. The Morgan fingerprint density at radius 3 is 2.80 bits per heavy atom. The van der Waals surface area contributed by atoms with Gasteiger partial charge in [0.15, 0.2) is 0 Å². The molecule has 1 aliphatic rings. The molecule has 3 atom stereocenters. The van der Waals surface area contributed by atoms with Gasteiger partial charge in [0.1, 0.15) is 0 Å². The smallest absolute Gasteiger partial charge is 0.0900 e. The first-order valence-electron chi connectivity index (χ1n) is 7.99. The van der Waals surface area contributed by atoms with Gasteiger partial charge in [0, 0.05) is 23.0 Å². The van der Waals surface area contributed by atoms with E-state index in [1.54, 1.807) is 0 Å². The van der Waals surface area contributed by atoms with Gasteiger partial charge in [-0.3, -0.25) is 0 Å². The average Bonchev–Trinajstić information content (AvgIpc) is 2.59. The molecule has 1 saturated heterocycles. The predicted molar refractivity (Wildman–Crippen MR) is 87.5 cm³/mol. The van der Waals surface area contributed by atoms with Crippen molar-refractivity contribution >= 4 is 11.3 Å². The number of aromatic nitrogens is 1. The standard InChI is InChI=1S/C16H29N3S/c1-11(10-15-8-6-5-7-9-17-15)18-12(2)16-13(3)19-14(4)20-16/h11-12,15,17-18H,5-10H2,1-4H3. The fourth-order valence-corrected chi connectivity index (χ4v) is 4.19. The quantitative estimate of drug-likeness (QED) is 0.869. The maximum atomic E-state index is 4.53. The molecule has 2 heterocycles. The Morgan fingerprint density at radius 2 is 2.10 bits per heavy atom. The third-order valence-corrected chi connectivity index (χ3v) is 5.42. The second kappa shape index (κ2) is 7.53. The molecule has 2 N–H and O–H groups in total. The summed E-state index contributed by atoms with van der Waals surface area (Å²) in [5, 5.41) is 8.61. The normalized spacial score (nSPS) is 23.3. The van der Waals surface area contributed by atoms with Crippen molar-refractivity contribution in [3.05, 3.63) is 15.6 Å². The molecule has 0 aliphatic carbocycles.